The second kappa shape index (κ2) is 5.07. The third kappa shape index (κ3) is 2.13. The number of rotatable bonds is 4. The summed E-state index contributed by atoms with van der Waals surface area (Å²) in [5.74, 6) is 0.904. The van der Waals surface area contributed by atoms with E-state index in [4.69, 9.17) is 0 Å². The smallest absolute Gasteiger partial charge is 0.0346 e. The van der Waals surface area contributed by atoms with Gasteiger partial charge in [-0.2, -0.15) is 0 Å². The van der Waals surface area contributed by atoms with Crippen molar-refractivity contribution in [2.75, 3.05) is 7.05 Å². The maximum absolute atomic E-state index is 4.39. The summed E-state index contributed by atoms with van der Waals surface area (Å²) in [6.45, 7) is 0. The van der Waals surface area contributed by atoms with Gasteiger partial charge in [0.15, 0.2) is 0 Å². The van der Waals surface area contributed by atoms with E-state index >= 15 is 0 Å². The molecule has 0 spiro atoms. The predicted octanol–water partition coefficient (Wildman–Crippen LogP) is 3.69. The number of hydrogen-bond donors (Lipinski definition) is 1. The molecule has 1 heterocycles. The van der Waals surface area contributed by atoms with Crippen LogP contribution < -0.4 is 5.32 Å². The Hall–Kier alpha value is -1.41. The molecular formula is C16H20N2. The Labute approximate surface area is 108 Å². The Kier molecular flexibility index (Phi) is 3.28. The number of nitrogens with one attached hydrogen (secondary N) is 1. The zero-order valence-electron chi connectivity index (χ0n) is 10.9. The van der Waals surface area contributed by atoms with Crippen LogP contribution in [0.5, 0.6) is 0 Å². The van der Waals surface area contributed by atoms with Gasteiger partial charge in [0.2, 0.25) is 0 Å². The van der Waals surface area contributed by atoms with E-state index in [1.165, 1.54) is 42.0 Å². The number of benzene rings is 1. The van der Waals surface area contributed by atoms with Crippen LogP contribution in [0.4, 0.5) is 0 Å². The van der Waals surface area contributed by atoms with Crippen molar-refractivity contribution in [1.82, 2.24) is 10.3 Å². The molecule has 1 atom stereocenters. The summed E-state index contributed by atoms with van der Waals surface area (Å²) >= 11 is 0. The molecule has 3 rings (SSSR count). The van der Waals surface area contributed by atoms with Crippen molar-refractivity contribution >= 4 is 10.8 Å². The highest BCUT2D eigenvalue weighted by Gasteiger charge is 2.23. The van der Waals surface area contributed by atoms with Gasteiger partial charge < -0.3 is 5.32 Å². The summed E-state index contributed by atoms with van der Waals surface area (Å²) in [5.41, 5.74) is 1.35. The fraction of sp³-hybridized carbons (Fsp3) is 0.438. The molecule has 0 amide bonds. The van der Waals surface area contributed by atoms with Gasteiger partial charge in [-0.25, -0.2) is 0 Å². The lowest BCUT2D eigenvalue weighted by molar-refractivity contribution is 0.266. The molecule has 2 heteroatoms. The molecule has 1 aliphatic rings. The SMILES string of the molecule is CNC(CC1CCC1)c1cncc2ccccc12. The van der Waals surface area contributed by atoms with Gasteiger partial charge in [0.25, 0.3) is 0 Å². The molecule has 1 unspecified atom stereocenters. The molecule has 94 valence electrons. The third-order valence-electron chi connectivity index (χ3n) is 4.22. The first-order valence-electron chi connectivity index (χ1n) is 6.88. The van der Waals surface area contributed by atoms with Gasteiger partial charge in [-0.05, 0) is 30.3 Å². The molecule has 0 saturated heterocycles. The summed E-state index contributed by atoms with van der Waals surface area (Å²) in [5, 5.41) is 6.05. The Balaban J connectivity index is 1.95. The summed E-state index contributed by atoms with van der Waals surface area (Å²) < 4.78 is 0. The normalized spacial score (nSPS) is 17.6. The highest BCUT2D eigenvalue weighted by Crippen LogP contribution is 2.36. The topological polar surface area (TPSA) is 24.9 Å². The first-order chi connectivity index (χ1) is 8.88. The third-order valence-corrected chi connectivity index (χ3v) is 4.22. The minimum Gasteiger partial charge on any atom is -0.313 e. The molecule has 0 aliphatic heterocycles. The van der Waals surface area contributed by atoms with E-state index in [1.54, 1.807) is 0 Å². The van der Waals surface area contributed by atoms with E-state index in [0.717, 1.165) is 5.92 Å². The maximum Gasteiger partial charge on any atom is 0.0346 e. The molecule has 2 aromatic rings. The number of nitrogens with zero attached hydrogens (tertiary/aromatic N) is 1. The van der Waals surface area contributed by atoms with E-state index in [2.05, 4.69) is 41.6 Å². The molecule has 18 heavy (non-hydrogen) atoms. The molecule has 2 nitrogen and oxygen atoms in total. The maximum atomic E-state index is 4.39. The fourth-order valence-electron chi connectivity index (χ4n) is 2.88. The van der Waals surface area contributed by atoms with Crippen molar-refractivity contribution < 1.29 is 0 Å². The van der Waals surface area contributed by atoms with Gasteiger partial charge in [0.05, 0.1) is 0 Å². The van der Waals surface area contributed by atoms with Crippen molar-refractivity contribution in [3.63, 3.8) is 0 Å². The number of pyridine rings is 1. The van der Waals surface area contributed by atoms with E-state index in [9.17, 15) is 0 Å². The van der Waals surface area contributed by atoms with Crippen molar-refractivity contribution in [1.29, 1.82) is 0 Å². The van der Waals surface area contributed by atoms with Gasteiger partial charge in [0.1, 0.15) is 0 Å². The van der Waals surface area contributed by atoms with E-state index in [0.29, 0.717) is 6.04 Å². The summed E-state index contributed by atoms with van der Waals surface area (Å²) in [6.07, 6.45) is 9.44. The second-order valence-electron chi connectivity index (χ2n) is 5.32. The average molecular weight is 240 g/mol. The van der Waals surface area contributed by atoms with Crippen LogP contribution in [0.15, 0.2) is 36.7 Å². The highest BCUT2D eigenvalue weighted by atomic mass is 14.9. The van der Waals surface area contributed by atoms with Gasteiger partial charge >= 0.3 is 0 Å². The Morgan fingerprint density at radius 1 is 1.28 bits per heavy atom. The number of aromatic nitrogens is 1. The highest BCUT2D eigenvalue weighted by molar-refractivity contribution is 5.85. The van der Waals surface area contributed by atoms with Crippen molar-refractivity contribution in [2.24, 2.45) is 5.92 Å². The lowest BCUT2D eigenvalue weighted by atomic mass is 9.79. The molecule has 1 aliphatic carbocycles. The fourth-order valence-corrected chi connectivity index (χ4v) is 2.88. The van der Waals surface area contributed by atoms with Crippen LogP contribution in [-0.2, 0) is 0 Å². The molecule has 1 saturated carbocycles. The summed E-state index contributed by atoms with van der Waals surface area (Å²) in [7, 11) is 2.06. The van der Waals surface area contributed by atoms with Crippen LogP contribution in [-0.4, -0.2) is 12.0 Å². The average Bonchev–Trinajstić information content (AvgIpc) is 2.38. The van der Waals surface area contributed by atoms with Crippen LogP contribution in [0.25, 0.3) is 10.8 Å². The zero-order valence-corrected chi connectivity index (χ0v) is 10.9. The van der Waals surface area contributed by atoms with Gasteiger partial charge in [-0.3, -0.25) is 4.98 Å². The molecular weight excluding hydrogens is 220 g/mol. The standard InChI is InChI=1S/C16H20N2/c1-17-16(9-12-5-4-6-12)15-11-18-10-13-7-2-3-8-14(13)15/h2-3,7-8,10-12,16-17H,4-6,9H2,1H3. The van der Waals surface area contributed by atoms with Crippen molar-refractivity contribution in [2.45, 2.75) is 31.7 Å². The van der Waals surface area contributed by atoms with Crippen LogP contribution in [0.2, 0.25) is 0 Å². The van der Waals surface area contributed by atoms with Crippen LogP contribution in [0.1, 0.15) is 37.3 Å². The minimum absolute atomic E-state index is 0.439. The Morgan fingerprint density at radius 2 is 2.11 bits per heavy atom. The molecule has 1 aromatic heterocycles. The lowest BCUT2D eigenvalue weighted by Crippen LogP contribution is -2.23. The number of hydrogen-bond acceptors (Lipinski definition) is 2. The second-order valence-corrected chi connectivity index (χ2v) is 5.32. The summed E-state index contributed by atoms with van der Waals surface area (Å²) in [4.78, 5) is 4.39. The monoisotopic (exact) mass is 240 g/mol. The van der Waals surface area contributed by atoms with E-state index in [1.807, 2.05) is 12.4 Å². The largest absolute Gasteiger partial charge is 0.313 e. The predicted molar refractivity (Wildman–Crippen MR) is 75.5 cm³/mol. The Morgan fingerprint density at radius 3 is 2.83 bits per heavy atom. The first kappa shape index (κ1) is 11.7. The number of fused-ring (bicyclic) bond motifs is 1. The molecule has 1 fully saturated rings. The molecule has 1 N–H and O–H groups in total. The van der Waals surface area contributed by atoms with Gasteiger partial charge in [-0.15, -0.1) is 0 Å². The van der Waals surface area contributed by atoms with E-state index < -0.39 is 0 Å². The van der Waals surface area contributed by atoms with Gasteiger partial charge in [0, 0.05) is 23.8 Å². The molecule has 1 aromatic carbocycles. The lowest BCUT2D eigenvalue weighted by Gasteiger charge is -2.30. The molecule has 0 bridgehead atoms. The van der Waals surface area contributed by atoms with E-state index in [-0.39, 0.29) is 0 Å². The molecule has 0 radical (unpaired) electrons. The van der Waals surface area contributed by atoms with Crippen LogP contribution >= 0.6 is 0 Å². The van der Waals surface area contributed by atoms with Crippen molar-refractivity contribution in [3.05, 3.63) is 42.2 Å². The Bertz CT molecular complexity index is 526. The van der Waals surface area contributed by atoms with Gasteiger partial charge in [-0.1, -0.05) is 43.5 Å². The van der Waals surface area contributed by atoms with Crippen LogP contribution in [0, 0.1) is 5.92 Å². The van der Waals surface area contributed by atoms with Crippen LogP contribution in [0.3, 0.4) is 0 Å². The minimum atomic E-state index is 0.439. The zero-order chi connectivity index (χ0) is 12.4. The first-order valence-corrected chi connectivity index (χ1v) is 6.88. The summed E-state index contributed by atoms with van der Waals surface area (Å²) in [6, 6.07) is 8.98. The quantitative estimate of drug-likeness (QED) is 0.881. The van der Waals surface area contributed by atoms with Crippen molar-refractivity contribution in [3.8, 4) is 0 Å².